The molecule has 108 heavy (non-hydrogen) atoms. The van der Waals surface area contributed by atoms with Gasteiger partial charge >= 0.3 is 0 Å². The smallest absolute Gasteiger partial charge is 0.252 e. The Morgan fingerprint density at radius 1 is 0.204 bits per heavy atom. The van der Waals surface area contributed by atoms with Crippen molar-refractivity contribution in [2.24, 2.45) is 0 Å². The summed E-state index contributed by atoms with van der Waals surface area (Å²) in [5, 5.41) is 6.77. The van der Waals surface area contributed by atoms with Crippen molar-refractivity contribution >= 4 is 123 Å². The molecule has 0 atom stereocenters. The Bertz CT molecular complexity index is 6450. The van der Waals surface area contributed by atoms with Gasteiger partial charge in [0.2, 0.25) is 0 Å². The molecular weight excluding hydrogens is 1310 g/mol. The number of nitrogens with zero attached hydrogens (tertiary/aromatic N) is 3. The molecule has 2 aliphatic heterocycles. The van der Waals surface area contributed by atoms with Crippen LogP contribution in [0.1, 0.15) is 0 Å². The van der Waals surface area contributed by atoms with Gasteiger partial charge in [0.25, 0.3) is 6.71 Å². The summed E-state index contributed by atoms with van der Waals surface area (Å²) in [5.74, 6) is 0. The summed E-state index contributed by atoms with van der Waals surface area (Å²) in [4.78, 5) is 5.34. The van der Waals surface area contributed by atoms with Gasteiger partial charge in [0.1, 0.15) is 22.3 Å². The second-order valence-corrected chi connectivity index (χ2v) is 28.6. The van der Waals surface area contributed by atoms with Crippen molar-refractivity contribution in [3.05, 3.63) is 388 Å². The van der Waals surface area contributed by atoms with Gasteiger partial charge in [0.05, 0.1) is 28.1 Å². The lowest BCUT2D eigenvalue weighted by Gasteiger charge is -2.46. The molecule has 5 nitrogen and oxygen atoms in total. The monoisotopic (exact) mass is 1370 g/mol. The fourth-order valence-electron chi connectivity index (χ4n) is 17.7. The summed E-state index contributed by atoms with van der Waals surface area (Å²) in [6.45, 7) is -0.308. The molecule has 5 heterocycles. The molecule has 502 valence electrons. The molecule has 0 saturated carbocycles. The normalized spacial score (nSPS) is 12.4. The van der Waals surface area contributed by atoms with Gasteiger partial charge in [0.15, 0.2) is 0 Å². The zero-order valence-electron chi connectivity index (χ0n) is 58.7. The quantitative estimate of drug-likeness (QED) is 0.121. The molecule has 6 heteroatoms. The first kappa shape index (κ1) is 61.3. The Morgan fingerprint density at radius 3 is 0.889 bits per heavy atom. The third-order valence-corrected chi connectivity index (χ3v) is 22.5. The predicted molar refractivity (Wildman–Crippen MR) is 453 cm³/mol. The maximum Gasteiger partial charge on any atom is 0.252 e. The first-order valence-electron chi connectivity index (χ1n) is 37.1. The Morgan fingerprint density at radius 2 is 0.509 bits per heavy atom. The number of furan rings is 2. The summed E-state index contributed by atoms with van der Waals surface area (Å²) in [7, 11) is 0. The fraction of sp³-hybridized carbons (Fsp3) is 0. The van der Waals surface area contributed by atoms with Crippen LogP contribution in [0.15, 0.2) is 397 Å². The number of benzene rings is 17. The van der Waals surface area contributed by atoms with Gasteiger partial charge in [-0.3, -0.25) is 0 Å². The molecule has 0 saturated heterocycles. The van der Waals surface area contributed by atoms with Gasteiger partial charge in [-0.1, -0.05) is 291 Å². The molecule has 22 rings (SSSR count). The molecule has 0 amide bonds. The number of aromatic nitrogens is 1. The predicted octanol–water partition coefficient (Wildman–Crippen LogP) is 26.0. The minimum absolute atomic E-state index is 0.308. The summed E-state index contributed by atoms with van der Waals surface area (Å²) >= 11 is 0. The molecule has 0 spiro atoms. The number of anilines is 6. The molecule has 0 aliphatic carbocycles. The minimum atomic E-state index is -0.308. The maximum atomic E-state index is 6.71. The van der Waals surface area contributed by atoms with Crippen LogP contribution in [-0.2, 0) is 0 Å². The molecule has 0 N–H and O–H groups in total. The number of hydrogen-bond acceptors (Lipinski definition) is 4. The Balaban J connectivity index is 0.909. The zero-order chi connectivity index (χ0) is 70.9. The Hall–Kier alpha value is -14.2. The van der Waals surface area contributed by atoms with Crippen LogP contribution in [0.2, 0.25) is 0 Å². The van der Waals surface area contributed by atoms with Crippen LogP contribution in [0.5, 0.6) is 0 Å². The van der Waals surface area contributed by atoms with Crippen LogP contribution >= 0.6 is 0 Å². The first-order valence-corrected chi connectivity index (χ1v) is 37.1. The van der Waals surface area contributed by atoms with Crippen LogP contribution in [0.3, 0.4) is 0 Å². The van der Waals surface area contributed by atoms with Crippen LogP contribution in [0, 0.1) is 0 Å². The van der Waals surface area contributed by atoms with E-state index in [4.69, 9.17) is 8.83 Å². The van der Waals surface area contributed by atoms with E-state index >= 15 is 0 Å². The molecule has 0 unspecified atom stereocenters. The Labute approximate surface area is 625 Å². The maximum absolute atomic E-state index is 6.71. The number of para-hydroxylation sites is 4. The van der Waals surface area contributed by atoms with Gasteiger partial charge in [-0.15, -0.1) is 0 Å². The molecule has 3 aromatic heterocycles. The van der Waals surface area contributed by atoms with E-state index in [0.717, 1.165) is 184 Å². The van der Waals surface area contributed by atoms with Gasteiger partial charge in [-0.25, -0.2) is 0 Å². The van der Waals surface area contributed by atoms with Gasteiger partial charge in [0, 0.05) is 77.3 Å². The highest BCUT2D eigenvalue weighted by molar-refractivity contribution is 7.00. The molecule has 0 radical (unpaired) electrons. The molecule has 0 bridgehead atoms. The van der Waals surface area contributed by atoms with Gasteiger partial charge in [-0.05, 0) is 180 Å². The highest BCUT2D eigenvalue weighted by Crippen LogP contribution is 2.56. The lowest BCUT2D eigenvalue weighted by atomic mass is 9.33. The lowest BCUT2D eigenvalue weighted by Crippen LogP contribution is -2.61. The Kier molecular flexibility index (Phi) is 14.0. The van der Waals surface area contributed by atoms with Crippen molar-refractivity contribution in [2.45, 2.75) is 0 Å². The zero-order valence-corrected chi connectivity index (χ0v) is 58.7. The molecule has 0 fully saturated rings. The van der Waals surface area contributed by atoms with E-state index in [9.17, 15) is 0 Å². The van der Waals surface area contributed by atoms with Crippen LogP contribution in [0.4, 0.5) is 34.1 Å². The highest BCUT2D eigenvalue weighted by Gasteiger charge is 2.46. The van der Waals surface area contributed by atoms with E-state index in [1.54, 1.807) is 0 Å². The third-order valence-electron chi connectivity index (χ3n) is 22.5. The van der Waals surface area contributed by atoms with E-state index in [-0.39, 0.29) is 6.71 Å². The summed E-state index contributed by atoms with van der Waals surface area (Å²) in [6, 6.07) is 144. The van der Waals surface area contributed by atoms with Crippen molar-refractivity contribution in [2.75, 3.05) is 9.80 Å². The molecule has 20 aromatic rings. The van der Waals surface area contributed by atoms with E-state index in [1.807, 2.05) is 12.1 Å². The SMILES string of the molecule is c1ccc(-c2ccc3c(c2)B2c4cc(-c5ccccc5)ccc4N(c4c(-c5ccccc5)cc(-c5ccc6c(c5)oc5ccccc56)cc4-c4ccccc4)c4cc(-n5c6ccccc6c6ccccc65)cc(c42)N3c2c(-c3ccccc3)cc(-c3ccc4c(c3)oc3ccccc34)cc2-c2ccccc2)cc1. The number of fused-ring (bicyclic) bond motifs is 13. The van der Waals surface area contributed by atoms with Crippen LogP contribution in [-0.4, -0.2) is 11.3 Å². The lowest BCUT2D eigenvalue weighted by molar-refractivity contribution is 0.668. The average molecular weight is 1370 g/mol. The van der Waals surface area contributed by atoms with Gasteiger partial charge < -0.3 is 23.2 Å². The second kappa shape index (κ2) is 24.7. The standard InChI is InChI=1S/C102H64BN3O2/c1-7-27-65(28-8-1)71-49-53-92-88(59-71)103-89-60-72(66-29-9-2-10-30-66)50-54-93(89)106(102-86(69-35-15-5-16-36-69)57-76(58-87(102)70-37-17-6-18-38-70)74-48-52-83-81-42-22-26-46-97(81)108-99(83)62-74)95-64-77(104-90-43-23-19-39-78(90)79-40-20-24-44-91(79)104)63-94(100(95)103)105(92)101-84(67-31-11-3-12-32-67)55-75(56-85(101)68-33-13-4-14-34-68)73-47-51-82-80-41-21-25-45-96(80)107-98(82)61-73/h1-64H. The van der Waals surface area contributed by atoms with Crippen molar-refractivity contribution in [3.8, 4) is 94.7 Å². The highest BCUT2D eigenvalue weighted by atomic mass is 16.3. The summed E-state index contributed by atoms with van der Waals surface area (Å²) in [5.41, 5.74) is 34.3. The van der Waals surface area contributed by atoms with Crippen LogP contribution in [0.25, 0.3) is 160 Å². The topological polar surface area (TPSA) is 37.7 Å². The molecular formula is C102H64BN3O2. The van der Waals surface area contributed by atoms with E-state index in [1.165, 1.54) is 27.2 Å². The fourth-order valence-corrected chi connectivity index (χ4v) is 17.7. The average Bonchev–Trinajstić information content (AvgIpc) is 0.742. The van der Waals surface area contributed by atoms with E-state index < -0.39 is 0 Å². The number of hydrogen-bond donors (Lipinski definition) is 0. The largest absolute Gasteiger partial charge is 0.456 e. The minimum Gasteiger partial charge on any atom is -0.456 e. The summed E-state index contributed by atoms with van der Waals surface area (Å²) in [6.07, 6.45) is 0. The van der Waals surface area contributed by atoms with Crippen molar-refractivity contribution < 1.29 is 8.83 Å². The van der Waals surface area contributed by atoms with E-state index in [2.05, 4.69) is 390 Å². The third kappa shape index (κ3) is 9.81. The first-order chi connectivity index (χ1) is 53.6. The summed E-state index contributed by atoms with van der Waals surface area (Å²) < 4.78 is 15.9. The molecule has 2 aliphatic rings. The van der Waals surface area contributed by atoms with Crippen molar-refractivity contribution in [1.82, 2.24) is 4.57 Å². The van der Waals surface area contributed by atoms with Crippen molar-refractivity contribution in [1.29, 1.82) is 0 Å². The van der Waals surface area contributed by atoms with E-state index in [0.29, 0.717) is 0 Å². The second-order valence-electron chi connectivity index (χ2n) is 28.6. The number of rotatable bonds is 11. The van der Waals surface area contributed by atoms with Crippen molar-refractivity contribution in [3.63, 3.8) is 0 Å². The molecule has 17 aromatic carbocycles. The van der Waals surface area contributed by atoms with Crippen LogP contribution < -0.4 is 26.2 Å². The van der Waals surface area contributed by atoms with Gasteiger partial charge in [-0.2, -0.15) is 0 Å².